The SMILES string of the molecule is N=C(N)c1ccc(-c2cccc(N)c2)o1. The molecule has 1 aromatic heterocycles. The Kier molecular flexibility index (Phi) is 2.17. The molecular formula is C11H11N3O. The van der Waals surface area contributed by atoms with Crippen LogP contribution in [0.15, 0.2) is 40.8 Å². The van der Waals surface area contributed by atoms with Gasteiger partial charge >= 0.3 is 0 Å². The number of nitrogens with two attached hydrogens (primary N) is 2. The van der Waals surface area contributed by atoms with E-state index in [9.17, 15) is 0 Å². The number of furan rings is 1. The molecular weight excluding hydrogens is 190 g/mol. The summed E-state index contributed by atoms with van der Waals surface area (Å²) in [7, 11) is 0. The first-order chi connectivity index (χ1) is 7.16. The molecule has 4 nitrogen and oxygen atoms in total. The van der Waals surface area contributed by atoms with E-state index in [4.69, 9.17) is 21.3 Å². The second-order valence-electron chi connectivity index (χ2n) is 3.20. The standard InChI is InChI=1S/C11H11N3O/c12-8-3-1-2-7(6-8)9-4-5-10(15-9)11(13)14/h1-6H,12H2,(H3,13,14). The second-order valence-corrected chi connectivity index (χ2v) is 3.20. The minimum absolute atomic E-state index is 0.0786. The van der Waals surface area contributed by atoms with E-state index in [1.54, 1.807) is 18.2 Å². The molecule has 5 N–H and O–H groups in total. The lowest BCUT2D eigenvalue weighted by atomic mass is 10.1. The van der Waals surface area contributed by atoms with Crippen LogP contribution in [0.5, 0.6) is 0 Å². The molecule has 76 valence electrons. The maximum absolute atomic E-state index is 7.21. The monoisotopic (exact) mass is 201 g/mol. The van der Waals surface area contributed by atoms with Crippen molar-refractivity contribution in [3.8, 4) is 11.3 Å². The molecule has 0 atom stereocenters. The van der Waals surface area contributed by atoms with Crippen molar-refractivity contribution in [1.82, 2.24) is 0 Å². The van der Waals surface area contributed by atoms with E-state index >= 15 is 0 Å². The van der Waals surface area contributed by atoms with Gasteiger partial charge in [0.1, 0.15) is 5.76 Å². The Labute approximate surface area is 87.0 Å². The number of hydrogen-bond donors (Lipinski definition) is 3. The Hall–Kier alpha value is -2.23. The summed E-state index contributed by atoms with van der Waals surface area (Å²) in [6.07, 6.45) is 0. The second kappa shape index (κ2) is 3.49. The van der Waals surface area contributed by atoms with Crippen LogP contribution in [-0.4, -0.2) is 5.84 Å². The van der Waals surface area contributed by atoms with E-state index in [1.165, 1.54) is 0 Å². The Bertz CT molecular complexity index is 502. The molecule has 1 aromatic carbocycles. The molecule has 0 saturated carbocycles. The molecule has 0 aliphatic rings. The van der Waals surface area contributed by atoms with Crippen LogP contribution in [0, 0.1) is 5.41 Å². The normalized spacial score (nSPS) is 10.1. The van der Waals surface area contributed by atoms with Crippen molar-refractivity contribution in [1.29, 1.82) is 5.41 Å². The molecule has 2 rings (SSSR count). The van der Waals surface area contributed by atoms with E-state index in [1.807, 2.05) is 18.2 Å². The minimum Gasteiger partial charge on any atom is -0.453 e. The summed E-state index contributed by atoms with van der Waals surface area (Å²) < 4.78 is 5.38. The van der Waals surface area contributed by atoms with Crippen LogP contribution in [0.25, 0.3) is 11.3 Å². The van der Waals surface area contributed by atoms with Gasteiger partial charge in [-0.3, -0.25) is 5.41 Å². The maximum Gasteiger partial charge on any atom is 0.168 e. The lowest BCUT2D eigenvalue weighted by molar-refractivity contribution is 0.571. The zero-order valence-electron chi connectivity index (χ0n) is 8.03. The number of hydrogen-bond acceptors (Lipinski definition) is 3. The average Bonchev–Trinajstić information content (AvgIpc) is 2.66. The smallest absolute Gasteiger partial charge is 0.168 e. The van der Waals surface area contributed by atoms with Crippen molar-refractivity contribution in [2.24, 2.45) is 5.73 Å². The molecule has 0 aliphatic carbocycles. The van der Waals surface area contributed by atoms with Crippen molar-refractivity contribution < 1.29 is 4.42 Å². The van der Waals surface area contributed by atoms with E-state index in [-0.39, 0.29) is 5.84 Å². The third-order valence-electron chi connectivity index (χ3n) is 2.04. The highest BCUT2D eigenvalue weighted by molar-refractivity contribution is 5.92. The summed E-state index contributed by atoms with van der Waals surface area (Å²) >= 11 is 0. The van der Waals surface area contributed by atoms with E-state index in [0.29, 0.717) is 17.2 Å². The van der Waals surface area contributed by atoms with Gasteiger partial charge in [-0.05, 0) is 24.3 Å². The summed E-state index contributed by atoms with van der Waals surface area (Å²) in [6.45, 7) is 0. The summed E-state index contributed by atoms with van der Waals surface area (Å²) in [5.41, 5.74) is 12.5. The molecule has 4 heteroatoms. The molecule has 0 saturated heterocycles. The first kappa shape index (κ1) is 9.33. The first-order valence-electron chi connectivity index (χ1n) is 4.47. The summed E-state index contributed by atoms with van der Waals surface area (Å²) in [4.78, 5) is 0. The number of nitrogens with one attached hydrogen (secondary N) is 1. The first-order valence-corrected chi connectivity index (χ1v) is 4.47. The maximum atomic E-state index is 7.21. The largest absolute Gasteiger partial charge is 0.453 e. The molecule has 0 fully saturated rings. The predicted octanol–water partition coefficient (Wildman–Crippen LogP) is 1.81. The molecule has 2 aromatic rings. The zero-order chi connectivity index (χ0) is 10.8. The van der Waals surface area contributed by atoms with Crippen LogP contribution in [0.2, 0.25) is 0 Å². The Morgan fingerprint density at radius 2 is 2.00 bits per heavy atom. The third-order valence-corrected chi connectivity index (χ3v) is 2.04. The quantitative estimate of drug-likeness (QED) is 0.393. The average molecular weight is 201 g/mol. The summed E-state index contributed by atoms with van der Waals surface area (Å²) in [5.74, 6) is 0.949. The highest BCUT2D eigenvalue weighted by Gasteiger charge is 2.06. The van der Waals surface area contributed by atoms with Crippen LogP contribution in [0.4, 0.5) is 5.69 Å². The molecule has 0 aliphatic heterocycles. The lowest BCUT2D eigenvalue weighted by Crippen LogP contribution is -2.09. The summed E-state index contributed by atoms with van der Waals surface area (Å²) in [6, 6.07) is 10.8. The van der Waals surface area contributed by atoms with Gasteiger partial charge in [-0.1, -0.05) is 12.1 Å². The molecule has 0 spiro atoms. The highest BCUT2D eigenvalue weighted by Crippen LogP contribution is 2.23. The highest BCUT2D eigenvalue weighted by atomic mass is 16.3. The van der Waals surface area contributed by atoms with Crippen LogP contribution in [0.3, 0.4) is 0 Å². The van der Waals surface area contributed by atoms with Crippen LogP contribution in [-0.2, 0) is 0 Å². The fourth-order valence-electron chi connectivity index (χ4n) is 1.33. The van der Waals surface area contributed by atoms with E-state index in [2.05, 4.69) is 0 Å². The van der Waals surface area contributed by atoms with Crippen molar-refractivity contribution in [2.75, 3.05) is 5.73 Å². The fourth-order valence-corrected chi connectivity index (χ4v) is 1.33. The van der Waals surface area contributed by atoms with Crippen molar-refractivity contribution in [2.45, 2.75) is 0 Å². The van der Waals surface area contributed by atoms with Gasteiger partial charge in [0.05, 0.1) is 0 Å². The minimum atomic E-state index is -0.0786. The number of amidine groups is 1. The molecule has 0 amide bonds. The van der Waals surface area contributed by atoms with Crippen LogP contribution >= 0.6 is 0 Å². The third kappa shape index (κ3) is 1.83. The lowest BCUT2D eigenvalue weighted by Gasteiger charge is -1.98. The van der Waals surface area contributed by atoms with Crippen LogP contribution in [0.1, 0.15) is 5.76 Å². The van der Waals surface area contributed by atoms with Crippen molar-refractivity contribution >= 4 is 11.5 Å². The number of anilines is 1. The number of rotatable bonds is 2. The number of nitrogen functional groups attached to an aromatic ring is 2. The Balaban J connectivity index is 2.41. The summed E-state index contributed by atoms with van der Waals surface area (Å²) in [5, 5.41) is 7.21. The molecule has 1 heterocycles. The molecule has 0 bridgehead atoms. The van der Waals surface area contributed by atoms with Gasteiger partial charge in [0, 0.05) is 11.3 Å². The topological polar surface area (TPSA) is 89.0 Å². The van der Waals surface area contributed by atoms with Gasteiger partial charge < -0.3 is 15.9 Å². The molecule has 15 heavy (non-hydrogen) atoms. The molecule has 0 radical (unpaired) electrons. The van der Waals surface area contributed by atoms with Gasteiger partial charge in [-0.2, -0.15) is 0 Å². The van der Waals surface area contributed by atoms with Crippen molar-refractivity contribution in [3.63, 3.8) is 0 Å². The van der Waals surface area contributed by atoms with E-state index in [0.717, 1.165) is 5.56 Å². The van der Waals surface area contributed by atoms with Crippen molar-refractivity contribution in [3.05, 3.63) is 42.2 Å². The predicted molar refractivity (Wildman–Crippen MR) is 59.6 cm³/mol. The van der Waals surface area contributed by atoms with Gasteiger partial charge in [0.15, 0.2) is 11.6 Å². The van der Waals surface area contributed by atoms with Gasteiger partial charge in [-0.25, -0.2) is 0 Å². The van der Waals surface area contributed by atoms with Crippen LogP contribution < -0.4 is 11.5 Å². The van der Waals surface area contributed by atoms with E-state index < -0.39 is 0 Å². The Morgan fingerprint density at radius 1 is 1.20 bits per heavy atom. The van der Waals surface area contributed by atoms with Gasteiger partial charge in [0.2, 0.25) is 0 Å². The molecule has 0 unspecified atom stereocenters. The van der Waals surface area contributed by atoms with Gasteiger partial charge in [-0.15, -0.1) is 0 Å². The van der Waals surface area contributed by atoms with Gasteiger partial charge in [0.25, 0.3) is 0 Å². The fraction of sp³-hybridized carbons (Fsp3) is 0. The Morgan fingerprint density at radius 3 is 2.60 bits per heavy atom. The zero-order valence-corrected chi connectivity index (χ0v) is 8.03. The number of benzene rings is 1.